The summed E-state index contributed by atoms with van der Waals surface area (Å²) in [6.45, 7) is 4.96. The van der Waals surface area contributed by atoms with Crippen LogP contribution in [-0.4, -0.2) is 47.2 Å². The van der Waals surface area contributed by atoms with E-state index in [1.165, 1.54) is 0 Å². The van der Waals surface area contributed by atoms with Gasteiger partial charge in [0.25, 0.3) is 0 Å². The predicted octanol–water partition coefficient (Wildman–Crippen LogP) is 0.193. The fraction of sp³-hybridized carbons (Fsp3) is 0.692. The van der Waals surface area contributed by atoms with Gasteiger partial charge in [0.15, 0.2) is 5.78 Å². The predicted molar refractivity (Wildman–Crippen MR) is 72.5 cm³/mol. The van der Waals surface area contributed by atoms with Crippen LogP contribution in [0.15, 0.2) is 0 Å². The van der Waals surface area contributed by atoms with E-state index in [1.807, 2.05) is 0 Å². The number of aliphatic hydroxyl groups is 1. The minimum absolute atomic E-state index is 0.0297. The van der Waals surface area contributed by atoms with Crippen molar-refractivity contribution in [3.05, 3.63) is 0 Å². The number of Topliss-reactive ketones (excluding diaryl/α,β-unsaturated/α-hetero) is 1. The summed E-state index contributed by atoms with van der Waals surface area (Å²) in [6, 6.07) is -1.00. The van der Waals surface area contributed by atoms with Gasteiger partial charge in [0.05, 0.1) is 12.3 Å². The van der Waals surface area contributed by atoms with Crippen molar-refractivity contribution < 1.29 is 24.2 Å². The molecular formula is C13H22N2O5. The monoisotopic (exact) mass is 286 g/mol. The average molecular weight is 286 g/mol. The van der Waals surface area contributed by atoms with Crippen LogP contribution in [0.5, 0.6) is 0 Å². The molecule has 0 aromatic carbocycles. The molecule has 0 radical (unpaired) electrons. The second kappa shape index (κ2) is 9.19. The zero-order valence-electron chi connectivity index (χ0n) is 12.0. The van der Waals surface area contributed by atoms with E-state index in [1.54, 1.807) is 20.8 Å². The third-order valence-electron chi connectivity index (χ3n) is 2.48. The first-order valence-corrected chi connectivity index (χ1v) is 6.54. The van der Waals surface area contributed by atoms with Gasteiger partial charge in [0.1, 0.15) is 12.1 Å². The maximum Gasteiger partial charge on any atom is 0.328 e. The van der Waals surface area contributed by atoms with Gasteiger partial charge in [0, 0.05) is 6.42 Å². The molecule has 0 aliphatic rings. The molecule has 0 bridgehead atoms. The number of hydrogen-bond donors (Lipinski definition) is 3. The first kappa shape index (κ1) is 18.2. The van der Waals surface area contributed by atoms with Crippen LogP contribution in [-0.2, 0) is 19.1 Å². The molecule has 0 saturated carbocycles. The van der Waals surface area contributed by atoms with Gasteiger partial charge < -0.3 is 20.6 Å². The Hall–Kier alpha value is -1.76. The van der Waals surface area contributed by atoms with Gasteiger partial charge in [-0.2, -0.15) is 0 Å². The van der Waals surface area contributed by atoms with E-state index >= 15 is 0 Å². The Labute approximate surface area is 118 Å². The Morgan fingerprint density at radius 3 is 2.40 bits per heavy atom. The zero-order chi connectivity index (χ0) is 15.7. The number of esters is 1. The van der Waals surface area contributed by atoms with Crippen LogP contribution in [0.25, 0.3) is 0 Å². The quantitative estimate of drug-likeness (QED) is 0.413. The molecule has 7 heteroatoms. The SMILES string of the molecule is CC[C@H](O)C(=O)N[C@@H](CCC(=O)C=N)C(=O)OC(C)C. The molecule has 0 heterocycles. The number of carbonyl (C=O) groups is 3. The van der Waals surface area contributed by atoms with Gasteiger partial charge in [0.2, 0.25) is 5.91 Å². The lowest BCUT2D eigenvalue weighted by atomic mass is 10.1. The highest BCUT2D eigenvalue weighted by Gasteiger charge is 2.25. The van der Waals surface area contributed by atoms with E-state index in [0.29, 0.717) is 6.21 Å². The maximum absolute atomic E-state index is 11.8. The van der Waals surface area contributed by atoms with E-state index in [2.05, 4.69) is 5.32 Å². The summed E-state index contributed by atoms with van der Waals surface area (Å²) in [7, 11) is 0. The van der Waals surface area contributed by atoms with Gasteiger partial charge in [-0.15, -0.1) is 0 Å². The topological polar surface area (TPSA) is 117 Å². The number of hydrogen-bond acceptors (Lipinski definition) is 6. The molecule has 114 valence electrons. The molecule has 1 amide bonds. The van der Waals surface area contributed by atoms with E-state index in [4.69, 9.17) is 10.1 Å². The van der Waals surface area contributed by atoms with Gasteiger partial charge in [-0.05, 0) is 26.7 Å². The summed E-state index contributed by atoms with van der Waals surface area (Å²) < 4.78 is 4.99. The fourth-order valence-corrected chi connectivity index (χ4v) is 1.38. The standard InChI is InChI=1S/C13H22N2O5/c1-4-11(17)12(18)15-10(6-5-9(16)7-14)13(19)20-8(2)3/h7-8,10-11,14,17H,4-6H2,1-3H3,(H,15,18)/t10-,11-/m0/s1. The molecule has 2 atom stereocenters. The number of ether oxygens (including phenoxy) is 1. The van der Waals surface area contributed by atoms with Gasteiger partial charge in [-0.25, -0.2) is 4.79 Å². The van der Waals surface area contributed by atoms with Crippen LogP contribution in [0.1, 0.15) is 40.0 Å². The molecule has 7 nitrogen and oxygen atoms in total. The van der Waals surface area contributed by atoms with Crippen molar-refractivity contribution in [2.45, 2.75) is 58.3 Å². The third-order valence-corrected chi connectivity index (χ3v) is 2.48. The van der Waals surface area contributed by atoms with Crippen molar-refractivity contribution in [2.24, 2.45) is 0 Å². The molecular weight excluding hydrogens is 264 g/mol. The number of nitrogens with one attached hydrogen (secondary N) is 2. The van der Waals surface area contributed by atoms with Crippen molar-refractivity contribution in [1.82, 2.24) is 5.32 Å². The molecule has 0 aliphatic heterocycles. The molecule has 3 N–H and O–H groups in total. The molecule has 0 fully saturated rings. The van der Waals surface area contributed by atoms with Crippen LogP contribution < -0.4 is 5.32 Å². The number of ketones is 1. The lowest BCUT2D eigenvalue weighted by molar-refractivity contribution is -0.152. The molecule has 0 rings (SSSR count). The first-order valence-electron chi connectivity index (χ1n) is 6.54. The highest BCUT2D eigenvalue weighted by atomic mass is 16.5. The Morgan fingerprint density at radius 2 is 1.95 bits per heavy atom. The van der Waals surface area contributed by atoms with Crippen LogP contribution >= 0.6 is 0 Å². The first-order chi connectivity index (χ1) is 9.31. The summed E-state index contributed by atoms with van der Waals surface area (Å²) in [5, 5.41) is 18.6. The zero-order valence-corrected chi connectivity index (χ0v) is 12.0. The van der Waals surface area contributed by atoms with E-state index in [-0.39, 0.29) is 25.4 Å². The number of amides is 1. The largest absolute Gasteiger partial charge is 0.461 e. The lowest BCUT2D eigenvalue weighted by Crippen LogP contribution is -2.46. The number of aliphatic hydroxyl groups excluding tert-OH is 1. The normalized spacial score (nSPS) is 13.4. The van der Waals surface area contributed by atoms with Gasteiger partial charge in [-0.1, -0.05) is 6.92 Å². The molecule has 0 unspecified atom stereocenters. The molecule has 0 aliphatic carbocycles. The maximum atomic E-state index is 11.8. The Morgan fingerprint density at radius 1 is 1.35 bits per heavy atom. The van der Waals surface area contributed by atoms with E-state index in [0.717, 1.165) is 0 Å². The average Bonchev–Trinajstić information content (AvgIpc) is 2.40. The number of carbonyl (C=O) groups excluding carboxylic acids is 3. The summed E-state index contributed by atoms with van der Waals surface area (Å²) >= 11 is 0. The van der Waals surface area contributed by atoms with Crippen LogP contribution in [0.4, 0.5) is 0 Å². The molecule has 0 aromatic heterocycles. The molecule has 0 spiro atoms. The molecule has 0 aromatic rings. The van der Waals surface area contributed by atoms with Crippen molar-refractivity contribution in [3.63, 3.8) is 0 Å². The van der Waals surface area contributed by atoms with Gasteiger partial charge >= 0.3 is 5.97 Å². The Bertz CT molecular complexity index is 368. The van der Waals surface area contributed by atoms with Crippen LogP contribution in [0.2, 0.25) is 0 Å². The van der Waals surface area contributed by atoms with Gasteiger partial charge in [-0.3, -0.25) is 9.59 Å². The summed E-state index contributed by atoms with van der Waals surface area (Å²) in [4.78, 5) is 34.5. The smallest absolute Gasteiger partial charge is 0.328 e. The van der Waals surface area contributed by atoms with Crippen molar-refractivity contribution in [2.75, 3.05) is 0 Å². The van der Waals surface area contributed by atoms with E-state index < -0.39 is 29.8 Å². The second-order valence-corrected chi connectivity index (χ2v) is 4.62. The minimum atomic E-state index is -1.21. The highest BCUT2D eigenvalue weighted by Crippen LogP contribution is 2.04. The van der Waals surface area contributed by atoms with Crippen LogP contribution in [0, 0.1) is 5.41 Å². The van der Waals surface area contributed by atoms with E-state index in [9.17, 15) is 19.5 Å². The molecule has 0 saturated heterocycles. The third kappa shape index (κ3) is 6.98. The van der Waals surface area contributed by atoms with Crippen LogP contribution in [0.3, 0.4) is 0 Å². The number of rotatable bonds is 9. The lowest BCUT2D eigenvalue weighted by Gasteiger charge is -2.20. The fourth-order valence-electron chi connectivity index (χ4n) is 1.38. The van der Waals surface area contributed by atoms with Crippen molar-refractivity contribution in [3.8, 4) is 0 Å². The summed E-state index contributed by atoms with van der Waals surface area (Å²) in [5.41, 5.74) is 0. The second-order valence-electron chi connectivity index (χ2n) is 4.62. The minimum Gasteiger partial charge on any atom is -0.461 e. The Balaban J connectivity index is 4.69. The Kier molecular flexibility index (Phi) is 8.38. The highest BCUT2D eigenvalue weighted by molar-refractivity contribution is 6.26. The summed E-state index contributed by atoms with van der Waals surface area (Å²) in [6.07, 6.45) is -0.699. The molecule has 20 heavy (non-hydrogen) atoms. The van der Waals surface area contributed by atoms with Crippen molar-refractivity contribution in [1.29, 1.82) is 5.41 Å². The summed E-state index contributed by atoms with van der Waals surface area (Å²) in [5.74, 6) is -1.78. The van der Waals surface area contributed by atoms with Crippen molar-refractivity contribution >= 4 is 23.9 Å².